The first-order valence-corrected chi connectivity index (χ1v) is 9.27. The second-order valence-corrected chi connectivity index (χ2v) is 7.26. The molecule has 3 aromatic rings. The summed E-state index contributed by atoms with van der Waals surface area (Å²) in [5.74, 6) is -0.273. The molecule has 1 aliphatic rings. The molecular weight excluding hydrogens is 385 g/mol. The molecule has 5 nitrogen and oxygen atoms in total. The second-order valence-electron chi connectivity index (χ2n) is 6.42. The minimum Gasteiger partial charge on any atom is -0.365 e. The van der Waals surface area contributed by atoms with Crippen molar-refractivity contribution in [2.75, 3.05) is 5.32 Å². The number of fused-ring (bicyclic) bond motifs is 1. The van der Waals surface area contributed by atoms with Gasteiger partial charge in [-0.05, 0) is 48.4 Å². The van der Waals surface area contributed by atoms with E-state index in [2.05, 4.69) is 10.4 Å². The highest BCUT2D eigenvalue weighted by Crippen LogP contribution is 2.28. The number of carbonyl (C=O) groups is 1. The van der Waals surface area contributed by atoms with Gasteiger partial charge in [0.1, 0.15) is 6.10 Å². The van der Waals surface area contributed by atoms with Crippen LogP contribution in [0.5, 0.6) is 0 Å². The maximum Gasteiger partial charge on any atom is 0.276 e. The number of benzene rings is 2. The van der Waals surface area contributed by atoms with Gasteiger partial charge in [-0.25, -0.2) is 0 Å². The fraction of sp³-hybridized carbons (Fsp3) is 0.200. The molecule has 1 aliphatic heterocycles. The molecule has 7 heteroatoms. The average molecular weight is 402 g/mol. The Morgan fingerprint density at radius 1 is 1.22 bits per heavy atom. The predicted molar refractivity (Wildman–Crippen MR) is 105 cm³/mol. The van der Waals surface area contributed by atoms with Crippen LogP contribution >= 0.6 is 23.2 Å². The molecule has 138 valence electrons. The minimum atomic E-state index is -0.273. The van der Waals surface area contributed by atoms with Gasteiger partial charge in [0, 0.05) is 15.7 Å². The van der Waals surface area contributed by atoms with E-state index in [-0.39, 0.29) is 12.0 Å². The van der Waals surface area contributed by atoms with Crippen LogP contribution < -0.4 is 5.32 Å². The molecule has 2 aromatic carbocycles. The summed E-state index contributed by atoms with van der Waals surface area (Å²) in [6, 6.07) is 14.7. The maximum absolute atomic E-state index is 12.6. The van der Waals surface area contributed by atoms with Crippen LogP contribution in [0.25, 0.3) is 0 Å². The number of aromatic nitrogens is 2. The molecule has 1 atom stereocenters. The Kier molecular flexibility index (Phi) is 4.91. The third kappa shape index (κ3) is 3.72. The van der Waals surface area contributed by atoms with Gasteiger partial charge in [-0.3, -0.25) is 9.48 Å². The second kappa shape index (κ2) is 7.35. The van der Waals surface area contributed by atoms with Crippen molar-refractivity contribution in [3.63, 3.8) is 0 Å². The average Bonchev–Trinajstić information content (AvgIpc) is 3.09. The van der Waals surface area contributed by atoms with Gasteiger partial charge in [-0.15, -0.1) is 0 Å². The predicted octanol–water partition coefficient (Wildman–Crippen LogP) is 5.02. The van der Waals surface area contributed by atoms with Gasteiger partial charge in [-0.2, -0.15) is 5.10 Å². The zero-order chi connectivity index (χ0) is 19.0. The van der Waals surface area contributed by atoms with Crippen LogP contribution in [0.3, 0.4) is 0 Å². The van der Waals surface area contributed by atoms with E-state index in [4.69, 9.17) is 27.9 Å². The normalized spacial score (nSPS) is 16.0. The first-order valence-electron chi connectivity index (χ1n) is 8.51. The van der Waals surface area contributed by atoms with E-state index in [1.807, 2.05) is 41.9 Å². The van der Waals surface area contributed by atoms with Crippen molar-refractivity contribution in [1.29, 1.82) is 0 Å². The third-order valence-electron chi connectivity index (χ3n) is 4.62. The Bertz CT molecular complexity index is 999. The quantitative estimate of drug-likeness (QED) is 0.669. The van der Waals surface area contributed by atoms with Gasteiger partial charge in [0.05, 0.1) is 18.8 Å². The molecule has 0 bridgehead atoms. The maximum atomic E-state index is 12.6. The van der Waals surface area contributed by atoms with Crippen LogP contribution in [0.15, 0.2) is 48.5 Å². The summed E-state index contributed by atoms with van der Waals surface area (Å²) >= 11 is 12.1. The van der Waals surface area contributed by atoms with Crippen molar-refractivity contribution < 1.29 is 9.53 Å². The highest BCUT2D eigenvalue weighted by atomic mass is 35.5. The summed E-state index contributed by atoms with van der Waals surface area (Å²) in [6.45, 7) is 2.80. The smallest absolute Gasteiger partial charge is 0.276 e. The molecule has 1 amide bonds. The number of nitrogens with one attached hydrogen (secondary N) is 1. The number of amides is 1. The lowest BCUT2D eigenvalue weighted by Gasteiger charge is -2.24. The van der Waals surface area contributed by atoms with Crippen LogP contribution in [0.2, 0.25) is 10.0 Å². The number of hydrogen-bond acceptors (Lipinski definition) is 3. The van der Waals surface area contributed by atoms with E-state index in [0.717, 1.165) is 16.8 Å². The lowest BCUT2D eigenvalue weighted by Crippen LogP contribution is -2.22. The monoisotopic (exact) mass is 401 g/mol. The zero-order valence-corrected chi connectivity index (χ0v) is 16.1. The minimum absolute atomic E-state index is 0.124. The summed E-state index contributed by atoms with van der Waals surface area (Å²) in [6.07, 6.45) is -0.124. The standard InChI is InChI=1S/C20H17Cl2N3O2/c1-12-16(22)3-2-4-17(12)23-20(26)18-9-15-11-27-19(10-25(15)24-18)13-5-7-14(21)8-6-13/h2-9,19H,10-11H2,1H3,(H,23,26)/t19-/m1/s1. The molecule has 0 aliphatic carbocycles. The molecule has 0 saturated carbocycles. The molecule has 1 aromatic heterocycles. The van der Waals surface area contributed by atoms with Gasteiger partial charge < -0.3 is 10.1 Å². The van der Waals surface area contributed by atoms with Crippen LogP contribution in [0, 0.1) is 6.92 Å². The number of nitrogens with zero attached hydrogens (tertiary/aromatic N) is 2. The number of anilines is 1. The summed E-state index contributed by atoms with van der Waals surface area (Å²) in [5, 5.41) is 8.62. The van der Waals surface area contributed by atoms with Crippen LogP contribution in [0.1, 0.15) is 33.4 Å². The Hall–Kier alpha value is -2.34. The number of halogens is 2. The first-order chi connectivity index (χ1) is 13.0. The van der Waals surface area contributed by atoms with Crippen molar-refractivity contribution in [1.82, 2.24) is 9.78 Å². The fourth-order valence-electron chi connectivity index (χ4n) is 3.04. The number of ether oxygens (including phenoxy) is 1. The molecule has 0 radical (unpaired) electrons. The van der Waals surface area contributed by atoms with E-state index in [1.54, 1.807) is 18.2 Å². The van der Waals surface area contributed by atoms with Gasteiger partial charge in [0.2, 0.25) is 0 Å². The molecule has 0 fully saturated rings. The Morgan fingerprint density at radius 2 is 2.00 bits per heavy atom. The molecule has 1 N–H and O–H groups in total. The molecule has 0 saturated heterocycles. The highest BCUT2D eigenvalue weighted by molar-refractivity contribution is 6.31. The van der Waals surface area contributed by atoms with Gasteiger partial charge >= 0.3 is 0 Å². The van der Waals surface area contributed by atoms with Crippen molar-refractivity contribution in [3.05, 3.63) is 81.1 Å². The summed E-state index contributed by atoms with van der Waals surface area (Å²) in [4.78, 5) is 12.6. The fourth-order valence-corrected chi connectivity index (χ4v) is 3.35. The van der Waals surface area contributed by atoms with Crippen LogP contribution in [-0.4, -0.2) is 15.7 Å². The lowest BCUT2D eigenvalue weighted by atomic mass is 10.1. The Labute approximate surface area is 166 Å². The largest absolute Gasteiger partial charge is 0.365 e. The number of hydrogen-bond donors (Lipinski definition) is 1. The van der Waals surface area contributed by atoms with Crippen molar-refractivity contribution in [2.45, 2.75) is 26.2 Å². The summed E-state index contributed by atoms with van der Waals surface area (Å²) < 4.78 is 7.75. The molecule has 4 rings (SSSR count). The van der Waals surface area contributed by atoms with Crippen LogP contribution in [-0.2, 0) is 17.9 Å². The highest BCUT2D eigenvalue weighted by Gasteiger charge is 2.24. The Balaban J connectivity index is 1.52. The molecule has 0 unspecified atom stereocenters. The SMILES string of the molecule is Cc1c(Cl)cccc1NC(=O)c1cc2n(n1)C[C@H](c1ccc(Cl)cc1)OC2. The molecule has 0 spiro atoms. The van der Waals surface area contributed by atoms with Gasteiger partial charge in [-0.1, -0.05) is 41.4 Å². The molecule has 27 heavy (non-hydrogen) atoms. The van der Waals surface area contributed by atoms with E-state index in [1.165, 1.54) is 0 Å². The molecule has 2 heterocycles. The third-order valence-corrected chi connectivity index (χ3v) is 5.29. The topological polar surface area (TPSA) is 56.2 Å². The first kappa shape index (κ1) is 18.0. The van der Waals surface area contributed by atoms with Crippen molar-refractivity contribution in [3.8, 4) is 0 Å². The van der Waals surface area contributed by atoms with Crippen LogP contribution in [0.4, 0.5) is 5.69 Å². The van der Waals surface area contributed by atoms with E-state index in [0.29, 0.717) is 34.6 Å². The van der Waals surface area contributed by atoms with Gasteiger partial charge in [0.25, 0.3) is 5.91 Å². The van der Waals surface area contributed by atoms with E-state index >= 15 is 0 Å². The van der Waals surface area contributed by atoms with Gasteiger partial charge in [0.15, 0.2) is 5.69 Å². The molecular formula is C20H17Cl2N3O2. The lowest BCUT2D eigenvalue weighted by molar-refractivity contribution is -0.00118. The van der Waals surface area contributed by atoms with E-state index in [9.17, 15) is 4.79 Å². The zero-order valence-electron chi connectivity index (χ0n) is 14.6. The van der Waals surface area contributed by atoms with E-state index < -0.39 is 0 Å². The Morgan fingerprint density at radius 3 is 2.78 bits per heavy atom. The summed E-state index contributed by atoms with van der Waals surface area (Å²) in [7, 11) is 0. The van der Waals surface area contributed by atoms with Crippen molar-refractivity contribution >= 4 is 34.8 Å². The number of rotatable bonds is 3. The summed E-state index contributed by atoms with van der Waals surface area (Å²) in [5.41, 5.74) is 3.75. The van der Waals surface area contributed by atoms with Crippen molar-refractivity contribution in [2.24, 2.45) is 0 Å². The number of carbonyl (C=O) groups excluding carboxylic acids is 1.